The van der Waals surface area contributed by atoms with E-state index >= 15 is 0 Å². The summed E-state index contributed by atoms with van der Waals surface area (Å²) < 4.78 is 0.922. The van der Waals surface area contributed by atoms with Crippen molar-refractivity contribution in [3.8, 4) is 0 Å². The molecule has 5 nitrogen and oxygen atoms in total. The number of urea groups is 1. The Kier molecular flexibility index (Phi) is 5.16. The number of rotatable bonds is 3. The Morgan fingerprint density at radius 3 is 2.40 bits per heavy atom. The van der Waals surface area contributed by atoms with Crippen LogP contribution in [0.15, 0.2) is 22.7 Å². The number of aryl methyl sites for hydroxylation is 1. The summed E-state index contributed by atoms with van der Waals surface area (Å²) in [6.07, 6.45) is 0. The number of hydrogen-bond acceptors (Lipinski definition) is 2. The number of halogens is 1. The van der Waals surface area contributed by atoms with E-state index < -0.39 is 17.5 Å². The lowest BCUT2D eigenvalue weighted by Gasteiger charge is -2.34. The number of aliphatic carboxylic acids is 1. The van der Waals surface area contributed by atoms with Gasteiger partial charge in [-0.2, -0.15) is 0 Å². The summed E-state index contributed by atoms with van der Waals surface area (Å²) in [5.74, 6) is -1.04. The summed E-state index contributed by atoms with van der Waals surface area (Å²) in [4.78, 5) is 24.5. The maximum absolute atomic E-state index is 12.3. The van der Waals surface area contributed by atoms with Gasteiger partial charge in [-0.05, 0) is 51.5 Å². The Morgan fingerprint density at radius 1 is 1.35 bits per heavy atom. The molecule has 2 N–H and O–H groups in total. The number of benzene rings is 1. The second kappa shape index (κ2) is 6.26. The predicted molar refractivity (Wildman–Crippen MR) is 82.0 cm³/mol. The van der Waals surface area contributed by atoms with Crippen molar-refractivity contribution in [1.29, 1.82) is 0 Å². The fourth-order valence-electron chi connectivity index (χ4n) is 1.70. The number of anilines is 1. The van der Waals surface area contributed by atoms with Crippen LogP contribution in [0.5, 0.6) is 0 Å². The molecule has 6 heteroatoms. The molecule has 0 atom stereocenters. The summed E-state index contributed by atoms with van der Waals surface area (Å²) in [5, 5.41) is 11.7. The number of nitrogens with one attached hydrogen (secondary N) is 1. The van der Waals surface area contributed by atoms with Crippen LogP contribution < -0.4 is 5.32 Å². The molecule has 1 rings (SSSR count). The van der Waals surface area contributed by atoms with E-state index in [0.29, 0.717) is 5.69 Å². The number of nitrogens with zero attached hydrogens (tertiary/aromatic N) is 1. The second-order valence-corrected chi connectivity index (χ2v) is 6.46. The van der Waals surface area contributed by atoms with Crippen molar-refractivity contribution >= 4 is 33.6 Å². The molecule has 0 saturated carbocycles. The van der Waals surface area contributed by atoms with Gasteiger partial charge in [0.2, 0.25) is 0 Å². The van der Waals surface area contributed by atoms with Crippen molar-refractivity contribution in [3.63, 3.8) is 0 Å². The Morgan fingerprint density at radius 2 is 1.95 bits per heavy atom. The van der Waals surface area contributed by atoms with Crippen LogP contribution in [0.4, 0.5) is 10.5 Å². The van der Waals surface area contributed by atoms with Gasteiger partial charge < -0.3 is 15.3 Å². The van der Waals surface area contributed by atoms with Gasteiger partial charge in [0.15, 0.2) is 0 Å². The molecule has 0 aromatic heterocycles. The summed E-state index contributed by atoms with van der Waals surface area (Å²) in [7, 11) is 0. The SMILES string of the molecule is Cc1cc(Br)ccc1NC(=O)N(CC(=O)O)C(C)(C)C. The van der Waals surface area contributed by atoms with Crippen molar-refractivity contribution in [2.45, 2.75) is 33.2 Å². The molecule has 0 saturated heterocycles. The number of carbonyl (C=O) groups excluding carboxylic acids is 1. The van der Waals surface area contributed by atoms with E-state index in [1.165, 1.54) is 4.90 Å². The molecule has 20 heavy (non-hydrogen) atoms. The third-order valence-corrected chi connectivity index (χ3v) is 3.27. The van der Waals surface area contributed by atoms with Gasteiger partial charge in [-0.25, -0.2) is 4.79 Å². The van der Waals surface area contributed by atoms with Crippen molar-refractivity contribution in [3.05, 3.63) is 28.2 Å². The van der Waals surface area contributed by atoms with Crippen molar-refractivity contribution < 1.29 is 14.7 Å². The van der Waals surface area contributed by atoms with Crippen LogP contribution in [0.25, 0.3) is 0 Å². The maximum Gasteiger partial charge on any atom is 0.323 e. The van der Waals surface area contributed by atoms with Gasteiger partial charge in [0.25, 0.3) is 0 Å². The Labute approximate surface area is 127 Å². The van der Waals surface area contributed by atoms with Crippen molar-refractivity contribution in [2.75, 3.05) is 11.9 Å². The predicted octanol–water partition coefficient (Wildman–Crippen LogP) is 3.47. The fraction of sp³-hybridized carbons (Fsp3) is 0.429. The monoisotopic (exact) mass is 342 g/mol. The normalized spacial score (nSPS) is 11.1. The van der Waals surface area contributed by atoms with Gasteiger partial charge in [-0.1, -0.05) is 15.9 Å². The Bertz CT molecular complexity index is 524. The van der Waals surface area contributed by atoms with E-state index in [2.05, 4.69) is 21.2 Å². The Hall–Kier alpha value is -1.56. The average molecular weight is 343 g/mol. The minimum Gasteiger partial charge on any atom is -0.480 e. The van der Waals surface area contributed by atoms with Crippen LogP contribution in [0.1, 0.15) is 26.3 Å². The lowest BCUT2D eigenvalue weighted by molar-refractivity contribution is -0.138. The molecule has 0 aliphatic heterocycles. The minimum atomic E-state index is -1.04. The van der Waals surface area contributed by atoms with Crippen LogP contribution in [0.3, 0.4) is 0 Å². The summed E-state index contributed by atoms with van der Waals surface area (Å²) in [6.45, 7) is 6.92. The molecule has 0 aliphatic carbocycles. The molecule has 0 spiro atoms. The zero-order valence-electron chi connectivity index (χ0n) is 12.0. The number of carboxylic acid groups (broad SMARTS) is 1. The fourth-order valence-corrected chi connectivity index (χ4v) is 2.17. The molecule has 110 valence electrons. The highest BCUT2D eigenvalue weighted by Crippen LogP contribution is 2.22. The van der Waals surface area contributed by atoms with Crippen LogP contribution in [0, 0.1) is 6.92 Å². The van der Waals surface area contributed by atoms with Gasteiger partial charge >= 0.3 is 12.0 Å². The Balaban J connectivity index is 2.93. The van der Waals surface area contributed by atoms with E-state index in [1.807, 2.05) is 19.1 Å². The standard InChI is InChI=1S/C14H19BrN2O3/c1-9-7-10(15)5-6-11(9)16-13(20)17(8-12(18)19)14(2,3)4/h5-7H,8H2,1-4H3,(H,16,20)(H,18,19). The molecule has 0 unspecified atom stereocenters. The lowest BCUT2D eigenvalue weighted by Crippen LogP contribution is -2.50. The van der Waals surface area contributed by atoms with Gasteiger partial charge in [0.1, 0.15) is 6.54 Å². The number of amides is 2. The average Bonchev–Trinajstić information content (AvgIpc) is 2.28. The van der Waals surface area contributed by atoms with Crippen LogP contribution >= 0.6 is 15.9 Å². The molecular weight excluding hydrogens is 324 g/mol. The zero-order valence-corrected chi connectivity index (χ0v) is 13.6. The molecule has 2 amide bonds. The van der Waals surface area contributed by atoms with Crippen molar-refractivity contribution in [1.82, 2.24) is 4.90 Å². The number of carbonyl (C=O) groups is 2. The first kappa shape index (κ1) is 16.5. The minimum absolute atomic E-state index is 0.342. The first-order valence-corrected chi connectivity index (χ1v) is 6.97. The summed E-state index contributed by atoms with van der Waals surface area (Å²) >= 11 is 3.36. The van der Waals surface area contributed by atoms with Crippen LogP contribution in [-0.4, -0.2) is 34.1 Å². The van der Waals surface area contributed by atoms with Gasteiger partial charge in [-0.15, -0.1) is 0 Å². The third kappa shape index (κ3) is 4.52. The third-order valence-electron chi connectivity index (χ3n) is 2.78. The highest BCUT2D eigenvalue weighted by molar-refractivity contribution is 9.10. The van der Waals surface area contributed by atoms with Gasteiger partial charge in [0, 0.05) is 15.7 Å². The van der Waals surface area contributed by atoms with E-state index in [4.69, 9.17) is 5.11 Å². The molecular formula is C14H19BrN2O3. The van der Waals surface area contributed by atoms with E-state index in [-0.39, 0.29) is 6.54 Å². The largest absolute Gasteiger partial charge is 0.480 e. The zero-order chi connectivity index (χ0) is 15.5. The topological polar surface area (TPSA) is 69.6 Å². The summed E-state index contributed by atoms with van der Waals surface area (Å²) in [5.41, 5.74) is 0.987. The highest BCUT2D eigenvalue weighted by atomic mass is 79.9. The van der Waals surface area contributed by atoms with E-state index in [0.717, 1.165) is 10.0 Å². The molecule has 0 aliphatic rings. The highest BCUT2D eigenvalue weighted by Gasteiger charge is 2.28. The summed E-state index contributed by atoms with van der Waals surface area (Å²) in [6, 6.07) is 5.05. The van der Waals surface area contributed by atoms with Crippen molar-refractivity contribution in [2.24, 2.45) is 0 Å². The number of carboxylic acids is 1. The molecule has 1 aromatic carbocycles. The molecule has 0 bridgehead atoms. The maximum atomic E-state index is 12.3. The second-order valence-electron chi connectivity index (χ2n) is 5.54. The number of hydrogen-bond donors (Lipinski definition) is 2. The molecule has 1 aromatic rings. The van der Waals surface area contributed by atoms with Gasteiger partial charge in [-0.3, -0.25) is 4.79 Å². The molecule has 0 radical (unpaired) electrons. The van der Waals surface area contributed by atoms with Crippen LogP contribution in [0.2, 0.25) is 0 Å². The van der Waals surface area contributed by atoms with Crippen LogP contribution in [-0.2, 0) is 4.79 Å². The first-order chi connectivity index (χ1) is 9.11. The first-order valence-electron chi connectivity index (χ1n) is 6.18. The lowest BCUT2D eigenvalue weighted by atomic mass is 10.1. The van der Waals surface area contributed by atoms with Gasteiger partial charge in [0.05, 0.1) is 0 Å². The molecule has 0 fully saturated rings. The van der Waals surface area contributed by atoms with E-state index in [9.17, 15) is 9.59 Å². The van der Waals surface area contributed by atoms with E-state index in [1.54, 1.807) is 26.8 Å². The quantitative estimate of drug-likeness (QED) is 0.883. The molecule has 0 heterocycles. The smallest absolute Gasteiger partial charge is 0.323 e.